The van der Waals surface area contributed by atoms with Crippen LogP contribution in [0.4, 0.5) is 4.39 Å². The molecular formula is C17H19ClFN. The second-order valence-electron chi connectivity index (χ2n) is 4.92. The molecule has 2 aromatic rings. The van der Waals surface area contributed by atoms with E-state index in [0.29, 0.717) is 5.92 Å². The van der Waals surface area contributed by atoms with E-state index in [-0.39, 0.29) is 10.8 Å². The van der Waals surface area contributed by atoms with Crippen LogP contribution in [0.1, 0.15) is 23.5 Å². The summed E-state index contributed by atoms with van der Waals surface area (Å²) in [5, 5.41) is 3.47. The summed E-state index contributed by atoms with van der Waals surface area (Å²) in [5.41, 5.74) is 2.18. The molecule has 106 valence electrons. The molecule has 0 aliphatic rings. The maximum absolute atomic E-state index is 13.4. The molecule has 0 heterocycles. The van der Waals surface area contributed by atoms with Gasteiger partial charge in [-0.15, -0.1) is 0 Å². The highest BCUT2D eigenvalue weighted by molar-refractivity contribution is 6.31. The van der Waals surface area contributed by atoms with Crippen LogP contribution >= 0.6 is 11.6 Å². The van der Waals surface area contributed by atoms with Crippen LogP contribution in [0.2, 0.25) is 5.02 Å². The zero-order valence-electron chi connectivity index (χ0n) is 11.6. The van der Waals surface area contributed by atoms with Crippen molar-refractivity contribution in [1.29, 1.82) is 0 Å². The Balaban J connectivity index is 2.08. The van der Waals surface area contributed by atoms with Gasteiger partial charge in [0.15, 0.2) is 0 Å². The van der Waals surface area contributed by atoms with Gasteiger partial charge >= 0.3 is 0 Å². The Morgan fingerprint density at radius 3 is 2.55 bits per heavy atom. The van der Waals surface area contributed by atoms with E-state index in [0.717, 1.165) is 24.9 Å². The average Bonchev–Trinajstić information content (AvgIpc) is 2.48. The van der Waals surface area contributed by atoms with E-state index in [1.807, 2.05) is 31.3 Å². The molecule has 20 heavy (non-hydrogen) atoms. The normalized spacial score (nSPS) is 12.3. The predicted octanol–water partition coefficient (Wildman–Crippen LogP) is 4.41. The molecule has 0 aliphatic heterocycles. The molecule has 1 N–H and O–H groups in total. The van der Waals surface area contributed by atoms with Crippen LogP contribution in [0.3, 0.4) is 0 Å². The molecule has 0 radical (unpaired) electrons. The Labute approximate surface area is 124 Å². The first-order valence-electron chi connectivity index (χ1n) is 6.84. The lowest BCUT2D eigenvalue weighted by atomic mass is 9.92. The maximum atomic E-state index is 13.4. The molecular weight excluding hydrogens is 273 g/mol. The Bertz CT molecular complexity index is 542. The van der Waals surface area contributed by atoms with Gasteiger partial charge in [0.1, 0.15) is 5.82 Å². The topological polar surface area (TPSA) is 12.0 Å². The van der Waals surface area contributed by atoms with E-state index in [9.17, 15) is 4.39 Å². The molecule has 0 bridgehead atoms. The van der Waals surface area contributed by atoms with Crippen molar-refractivity contribution in [2.75, 3.05) is 13.6 Å². The van der Waals surface area contributed by atoms with E-state index in [1.165, 1.54) is 11.6 Å². The van der Waals surface area contributed by atoms with Gasteiger partial charge in [0, 0.05) is 6.54 Å². The molecule has 0 spiro atoms. The fourth-order valence-electron chi connectivity index (χ4n) is 2.43. The molecule has 0 aliphatic carbocycles. The summed E-state index contributed by atoms with van der Waals surface area (Å²) in [6.45, 7) is 0.900. The Kier molecular flexibility index (Phi) is 5.57. The summed E-state index contributed by atoms with van der Waals surface area (Å²) >= 11 is 6.01. The number of nitrogens with one attached hydrogen (secondary N) is 1. The smallest absolute Gasteiger partial charge is 0.142 e. The quantitative estimate of drug-likeness (QED) is 0.831. The van der Waals surface area contributed by atoms with Crippen LogP contribution in [0, 0.1) is 5.82 Å². The molecule has 1 unspecified atom stereocenters. The predicted molar refractivity (Wildman–Crippen MR) is 82.8 cm³/mol. The molecule has 1 atom stereocenters. The van der Waals surface area contributed by atoms with Crippen molar-refractivity contribution < 1.29 is 4.39 Å². The highest BCUT2D eigenvalue weighted by Crippen LogP contribution is 2.25. The van der Waals surface area contributed by atoms with Crippen LogP contribution in [-0.4, -0.2) is 13.6 Å². The van der Waals surface area contributed by atoms with Gasteiger partial charge in [0.25, 0.3) is 0 Å². The van der Waals surface area contributed by atoms with E-state index >= 15 is 0 Å². The number of likely N-dealkylation sites (N-methyl/N-ethyl adjacent to an activating group) is 1. The van der Waals surface area contributed by atoms with Gasteiger partial charge in [-0.1, -0.05) is 54.1 Å². The third kappa shape index (κ3) is 3.81. The van der Waals surface area contributed by atoms with Crippen LogP contribution in [0.15, 0.2) is 48.5 Å². The van der Waals surface area contributed by atoms with Crippen molar-refractivity contribution in [3.8, 4) is 0 Å². The molecule has 0 saturated heterocycles. The fraction of sp³-hybridized carbons (Fsp3) is 0.294. The van der Waals surface area contributed by atoms with Crippen LogP contribution in [0.5, 0.6) is 0 Å². The van der Waals surface area contributed by atoms with E-state index in [4.69, 9.17) is 11.6 Å². The van der Waals surface area contributed by atoms with Gasteiger partial charge in [0.05, 0.1) is 5.02 Å². The van der Waals surface area contributed by atoms with Crippen LogP contribution < -0.4 is 5.32 Å². The van der Waals surface area contributed by atoms with Gasteiger partial charge < -0.3 is 5.32 Å². The molecule has 3 heteroatoms. The van der Waals surface area contributed by atoms with Gasteiger partial charge in [-0.2, -0.15) is 0 Å². The monoisotopic (exact) mass is 291 g/mol. The van der Waals surface area contributed by atoms with Crippen molar-refractivity contribution in [2.24, 2.45) is 0 Å². The number of benzene rings is 2. The van der Waals surface area contributed by atoms with Crippen molar-refractivity contribution in [2.45, 2.75) is 18.8 Å². The van der Waals surface area contributed by atoms with Crippen molar-refractivity contribution >= 4 is 11.6 Å². The van der Waals surface area contributed by atoms with Crippen molar-refractivity contribution in [1.82, 2.24) is 5.32 Å². The molecule has 0 saturated carbocycles. The highest BCUT2D eigenvalue weighted by Gasteiger charge is 2.12. The third-order valence-electron chi connectivity index (χ3n) is 3.52. The summed E-state index contributed by atoms with van der Waals surface area (Å²) in [6.07, 6.45) is 1.71. The minimum absolute atomic E-state index is 0.253. The first-order valence-corrected chi connectivity index (χ1v) is 7.22. The second kappa shape index (κ2) is 7.41. The summed E-state index contributed by atoms with van der Waals surface area (Å²) in [6, 6.07) is 15.4. The molecule has 0 amide bonds. The van der Waals surface area contributed by atoms with Gasteiger partial charge in [-0.3, -0.25) is 0 Å². The molecule has 0 aromatic heterocycles. The SMILES string of the molecule is CNCC(CCc1cccc(F)c1Cl)c1ccccc1. The van der Waals surface area contributed by atoms with Crippen LogP contribution in [0.25, 0.3) is 0 Å². The summed E-state index contributed by atoms with van der Waals surface area (Å²) < 4.78 is 13.4. The first-order chi connectivity index (χ1) is 9.72. The van der Waals surface area contributed by atoms with Gasteiger partial charge in [0.2, 0.25) is 0 Å². The number of halogens is 2. The van der Waals surface area contributed by atoms with E-state index in [2.05, 4.69) is 17.4 Å². The van der Waals surface area contributed by atoms with E-state index in [1.54, 1.807) is 6.07 Å². The average molecular weight is 292 g/mol. The van der Waals surface area contributed by atoms with Crippen LogP contribution in [-0.2, 0) is 6.42 Å². The zero-order valence-corrected chi connectivity index (χ0v) is 12.3. The Hall–Kier alpha value is -1.38. The lowest BCUT2D eigenvalue weighted by Crippen LogP contribution is -2.18. The Morgan fingerprint density at radius 2 is 1.85 bits per heavy atom. The number of aryl methyl sites for hydroxylation is 1. The third-order valence-corrected chi connectivity index (χ3v) is 3.94. The summed E-state index contributed by atoms with van der Waals surface area (Å²) in [5.74, 6) is 0.0644. The Morgan fingerprint density at radius 1 is 1.10 bits per heavy atom. The molecule has 2 rings (SSSR count). The van der Waals surface area contributed by atoms with Gasteiger partial charge in [-0.05, 0) is 43.0 Å². The molecule has 2 aromatic carbocycles. The summed E-state index contributed by atoms with van der Waals surface area (Å²) in [4.78, 5) is 0. The fourth-order valence-corrected chi connectivity index (χ4v) is 2.65. The minimum Gasteiger partial charge on any atom is -0.319 e. The zero-order chi connectivity index (χ0) is 14.4. The van der Waals surface area contributed by atoms with E-state index < -0.39 is 0 Å². The standard InChI is InChI=1S/C17H19ClFN/c1-20-12-15(13-6-3-2-4-7-13)11-10-14-8-5-9-16(19)17(14)18/h2-9,15,20H,10-12H2,1H3. The van der Waals surface area contributed by atoms with Crippen molar-refractivity contribution in [3.05, 3.63) is 70.5 Å². The molecule has 1 nitrogen and oxygen atoms in total. The number of hydrogen-bond donors (Lipinski definition) is 1. The van der Waals surface area contributed by atoms with Gasteiger partial charge in [-0.25, -0.2) is 4.39 Å². The first kappa shape index (κ1) is 15.0. The second-order valence-corrected chi connectivity index (χ2v) is 5.29. The molecule has 0 fully saturated rings. The number of hydrogen-bond acceptors (Lipinski definition) is 1. The highest BCUT2D eigenvalue weighted by atomic mass is 35.5. The summed E-state index contributed by atoms with van der Waals surface area (Å²) in [7, 11) is 1.95. The largest absolute Gasteiger partial charge is 0.319 e. The lowest BCUT2D eigenvalue weighted by molar-refractivity contribution is 0.580. The maximum Gasteiger partial charge on any atom is 0.142 e. The number of rotatable bonds is 6. The lowest BCUT2D eigenvalue weighted by Gasteiger charge is -2.17. The van der Waals surface area contributed by atoms with Crippen molar-refractivity contribution in [3.63, 3.8) is 0 Å². The minimum atomic E-state index is -0.339.